The van der Waals surface area contributed by atoms with Crippen LogP contribution in [0.25, 0.3) is 0 Å². The molecule has 2 fully saturated rings. The van der Waals surface area contributed by atoms with Crippen molar-refractivity contribution in [2.24, 2.45) is 5.92 Å². The second-order valence-corrected chi connectivity index (χ2v) is 12.0. The van der Waals surface area contributed by atoms with E-state index in [1.807, 2.05) is 24.5 Å². The van der Waals surface area contributed by atoms with E-state index in [0.717, 1.165) is 88.0 Å². The average molecular weight is 516 g/mol. The van der Waals surface area contributed by atoms with Crippen molar-refractivity contribution >= 4 is 21.7 Å². The number of hydrogen-bond donors (Lipinski definition) is 0. The van der Waals surface area contributed by atoms with Crippen LogP contribution >= 0.6 is 0 Å². The molecular weight excluding hydrogens is 478 g/mol. The number of fused-ring (bicyclic) bond motifs is 1. The smallest absolute Gasteiger partial charge is 0.225 e. The molecule has 0 aliphatic carbocycles. The van der Waals surface area contributed by atoms with Crippen LogP contribution in [-0.4, -0.2) is 81.5 Å². The fraction of sp³-hybridized carbons (Fsp3) is 0.615. The third-order valence-corrected chi connectivity index (χ3v) is 8.80. The number of anilines is 2. The van der Waals surface area contributed by atoms with Gasteiger partial charge in [0.15, 0.2) is 0 Å². The summed E-state index contributed by atoms with van der Waals surface area (Å²) in [6.45, 7) is 7.02. The zero-order chi connectivity index (χ0) is 25.0. The number of sulfonamides is 1. The summed E-state index contributed by atoms with van der Waals surface area (Å²) in [5.41, 5.74) is 3.34. The van der Waals surface area contributed by atoms with Crippen LogP contribution in [0.3, 0.4) is 0 Å². The van der Waals surface area contributed by atoms with Crippen molar-refractivity contribution in [3.05, 3.63) is 41.7 Å². The van der Waals surface area contributed by atoms with E-state index in [9.17, 15) is 8.42 Å². The molecule has 10 heteroatoms. The van der Waals surface area contributed by atoms with Crippen LogP contribution in [-0.2, 0) is 27.7 Å². The minimum atomic E-state index is -3.15. The lowest BCUT2D eigenvalue weighted by Crippen LogP contribution is -2.37. The fourth-order valence-electron chi connectivity index (χ4n) is 5.32. The van der Waals surface area contributed by atoms with E-state index in [1.54, 1.807) is 0 Å². The minimum absolute atomic E-state index is 0.455. The van der Waals surface area contributed by atoms with Crippen LogP contribution in [0.15, 0.2) is 30.6 Å². The Kier molecular flexibility index (Phi) is 7.93. The molecule has 2 saturated heterocycles. The van der Waals surface area contributed by atoms with Gasteiger partial charge in [-0.1, -0.05) is 6.07 Å². The molecule has 5 rings (SSSR count). The SMILES string of the molecule is CS(=O)(=O)N1CCc2cc(OCCCC3CCN(c4ncc(N5CCOCC5)cn4)CC3)ccc2C1. The first-order valence-corrected chi connectivity index (χ1v) is 14.9. The summed E-state index contributed by atoms with van der Waals surface area (Å²) >= 11 is 0. The molecular formula is C26H37N5O4S. The van der Waals surface area contributed by atoms with Gasteiger partial charge in [0.05, 0.1) is 44.2 Å². The number of benzene rings is 1. The van der Waals surface area contributed by atoms with Gasteiger partial charge in [0.25, 0.3) is 0 Å². The van der Waals surface area contributed by atoms with Crippen molar-refractivity contribution in [3.63, 3.8) is 0 Å². The quantitative estimate of drug-likeness (QED) is 0.496. The number of aromatic nitrogens is 2. The Balaban J connectivity index is 1.02. The molecule has 0 amide bonds. The largest absolute Gasteiger partial charge is 0.494 e. The van der Waals surface area contributed by atoms with Crippen molar-refractivity contribution in [2.75, 3.05) is 68.6 Å². The van der Waals surface area contributed by atoms with Crippen molar-refractivity contribution in [1.82, 2.24) is 14.3 Å². The molecule has 4 heterocycles. The van der Waals surface area contributed by atoms with Crippen LogP contribution in [0.2, 0.25) is 0 Å². The van der Waals surface area contributed by atoms with Gasteiger partial charge in [-0.05, 0) is 61.3 Å². The van der Waals surface area contributed by atoms with Gasteiger partial charge in [-0.2, -0.15) is 4.31 Å². The second-order valence-electron chi connectivity index (χ2n) is 10.0. The Labute approximate surface area is 214 Å². The average Bonchev–Trinajstić information content (AvgIpc) is 2.91. The van der Waals surface area contributed by atoms with Gasteiger partial charge in [0, 0.05) is 39.3 Å². The van der Waals surface area contributed by atoms with Gasteiger partial charge < -0.3 is 19.3 Å². The van der Waals surface area contributed by atoms with E-state index in [4.69, 9.17) is 9.47 Å². The van der Waals surface area contributed by atoms with E-state index in [-0.39, 0.29) is 0 Å². The Bertz CT molecular complexity index is 1110. The molecule has 3 aliphatic rings. The van der Waals surface area contributed by atoms with Crippen molar-refractivity contribution in [3.8, 4) is 5.75 Å². The highest BCUT2D eigenvalue weighted by molar-refractivity contribution is 7.88. The van der Waals surface area contributed by atoms with Gasteiger partial charge in [-0.15, -0.1) is 0 Å². The van der Waals surface area contributed by atoms with Crippen molar-refractivity contribution < 1.29 is 17.9 Å². The van der Waals surface area contributed by atoms with Gasteiger partial charge in [0.2, 0.25) is 16.0 Å². The third-order valence-electron chi connectivity index (χ3n) is 7.55. The summed E-state index contributed by atoms with van der Waals surface area (Å²) in [6, 6.07) is 6.05. The van der Waals surface area contributed by atoms with Crippen molar-refractivity contribution in [2.45, 2.75) is 38.6 Å². The Hall–Kier alpha value is -2.43. The van der Waals surface area contributed by atoms with E-state index in [1.165, 1.54) is 22.5 Å². The Morgan fingerprint density at radius 3 is 2.47 bits per heavy atom. The number of nitrogens with zero attached hydrogens (tertiary/aromatic N) is 5. The first kappa shape index (κ1) is 25.2. The molecule has 0 N–H and O–H groups in total. The lowest BCUT2D eigenvalue weighted by molar-refractivity contribution is 0.122. The zero-order valence-corrected chi connectivity index (χ0v) is 22.0. The zero-order valence-electron chi connectivity index (χ0n) is 21.1. The van der Waals surface area contributed by atoms with Gasteiger partial charge >= 0.3 is 0 Å². The molecule has 0 spiro atoms. The highest BCUT2D eigenvalue weighted by atomic mass is 32.2. The molecule has 3 aliphatic heterocycles. The minimum Gasteiger partial charge on any atom is -0.494 e. The molecule has 1 aromatic carbocycles. The summed E-state index contributed by atoms with van der Waals surface area (Å²) in [5, 5.41) is 0. The maximum Gasteiger partial charge on any atom is 0.225 e. The van der Waals surface area contributed by atoms with E-state index in [2.05, 4.69) is 25.8 Å². The first-order chi connectivity index (χ1) is 17.5. The Morgan fingerprint density at radius 2 is 1.75 bits per heavy atom. The number of rotatable bonds is 8. The molecule has 0 saturated carbocycles. The highest BCUT2D eigenvalue weighted by Gasteiger charge is 2.24. The highest BCUT2D eigenvalue weighted by Crippen LogP contribution is 2.27. The van der Waals surface area contributed by atoms with E-state index < -0.39 is 10.0 Å². The van der Waals surface area contributed by atoms with Gasteiger partial charge in [0.1, 0.15) is 5.75 Å². The lowest BCUT2D eigenvalue weighted by Gasteiger charge is -2.32. The molecule has 0 unspecified atom stereocenters. The third kappa shape index (κ3) is 6.27. The van der Waals surface area contributed by atoms with Crippen LogP contribution < -0.4 is 14.5 Å². The maximum absolute atomic E-state index is 11.8. The molecule has 0 radical (unpaired) electrons. The monoisotopic (exact) mass is 515 g/mol. The predicted molar refractivity (Wildman–Crippen MR) is 140 cm³/mol. The number of piperidine rings is 1. The molecule has 2 aromatic rings. The topological polar surface area (TPSA) is 88.1 Å². The van der Waals surface area contributed by atoms with E-state index >= 15 is 0 Å². The fourth-order valence-corrected chi connectivity index (χ4v) is 6.12. The molecule has 36 heavy (non-hydrogen) atoms. The van der Waals surface area contributed by atoms with Crippen LogP contribution in [0, 0.1) is 5.92 Å². The molecule has 0 atom stereocenters. The first-order valence-electron chi connectivity index (χ1n) is 13.0. The summed E-state index contributed by atoms with van der Waals surface area (Å²) in [4.78, 5) is 13.9. The van der Waals surface area contributed by atoms with Crippen LogP contribution in [0.5, 0.6) is 5.75 Å². The van der Waals surface area contributed by atoms with Crippen molar-refractivity contribution in [1.29, 1.82) is 0 Å². The Morgan fingerprint density at radius 1 is 1.00 bits per heavy atom. The van der Waals surface area contributed by atoms with Crippen LogP contribution in [0.1, 0.15) is 36.8 Å². The second kappa shape index (κ2) is 11.3. The predicted octanol–water partition coefficient (Wildman–Crippen LogP) is 2.71. The maximum atomic E-state index is 11.8. The molecule has 1 aromatic heterocycles. The molecule has 9 nitrogen and oxygen atoms in total. The summed E-state index contributed by atoms with van der Waals surface area (Å²) < 4.78 is 36.6. The number of morpholine rings is 1. The summed E-state index contributed by atoms with van der Waals surface area (Å²) in [5.74, 6) is 2.43. The normalized spacial score (nSPS) is 19.8. The standard InChI is InChI=1S/C26H37N5O4S/c1-36(32,33)31-11-8-22-17-25(5-4-23(22)20-31)35-14-2-3-21-6-9-30(10-7-21)26-27-18-24(19-28-26)29-12-15-34-16-13-29/h4-5,17-19,21H,2-3,6-16,20H2,1H3. The lowest BCUT2D eigenvalue weighted by atomic mass is 9.92. The summed E-state index contributed by atoms with van der Waals surface area (Å²) in [6.07, 6.45) is 10.4. The van der Waals surface area contributed by atoms with Gasteiger partial charge in [-0.3, -0.25) is 0 Å². The molecule has 196 valence electrons. The number of ether oxygens (including phenoxy) is 2. The summed E-state index contributed by atoms with van der Waals surface area (Å²) in [7, 11) is -3.15. The molecule has 0 bridgehead atoms. The van der Waals surface area contributed by atoms with Crippen LogP contribution in [0.4, 0.5) is 11.6 Å². The number of hydrogen-bond acceptors (Lipinski definition) is 8. The van der Waals surface area contributed by atoms with E-state index in [0.29, 0.717) is 25.6 Å². The van der Waals surface area contributed by atoms with Gasteiger partial charge in [-0.25, -0.2) is 18.4 Å².